The Morgan fingerprint density at radius 1 is 0.952 bits per heavy atom. The molecule has 0 aliphatic heterocycles. The van der Waals surface area contributed by atoms with Crippen LogP contribution in [-0.2, 0) is 6.42 Å². The standard InChI is InChI=1S/C19H24O2/c1-3-4-16(17-8-10-18(20)11-9-17)7-5-15-6-12-19(21)14(2)13-15/h6,8-13,16,20-21H,3-5,7H2,1-2H3. The molecule has 2 N–H and O–H groups in total. The van der Waals surface area contributed by atoms with Crippen molar-refractivity contribution in [1.82, 2.24) is 0 Å². The van der Waals surface area contributed by atoms with E-state index in [0.717, 1.165) is 31.2 Å². The minimum Gasteiger partial charge on any atom is -0.508 e. The molecule has 112 valence electrons. The Hall–Kier alpha value is -1.96. The van der Waals surface area contributed by atoms with Gasteiger partial charge in [0.2, 0.25) is 0 Å². The normalized spacial score (nSPS) is 12.3. The number of aryl methyl sites for hydroxylation is 2. The second-order valence-electron chi connectivity index (χ2n) is 5.74. The maximum Gasteiger partial charge on any atom is 0.118 e. The summed E-state index contributed by atoms with van der Waals surface area (Å²) < 4.78 is 0. The van der Waals surface area contributed by atoms with E-state index in [0.29, 0.717) is 17.4 Å². The lowest BCUT2D eigenvalue weighted by molar-refractivity contribution is 0.470. The maximum atomic E-state index is 9.59. The predicted molar refractivity (Wildman–Crippen MR) is 86.9 cm³/mol. The number of benzene rings is 2. The third-order valence-corrected chi connectivity index (χ3v) is 4.04. The first-order valence-corrected chi connectivity index (χ1v) is 7.67. The lowest BCUT2D eigenvalue weighted by Gasteiger charge is -2.17. The van der Waals surface area contributed by atoms with Gasteiger partial charge in [-0.2, -0.15) is 0 Å². The van der Waals surface area contributed by atoms with Crippen molar-refractivity contribution in [1.29, 1.82) is 0 Å². The highest BCUT2D eigenvalue weighted by atomic mass is 16.3. The monoisotopic (exact) mass is 284 g/mol. The summed E-state index contributed by atoms with van der Waals surface area (Å²) >= 11 is 0. The molecule has 1 atom stereocenters. The van der Waals surface area contributed by atoms with Crippen molar-refractivity contribution in [3.8, 4) is 11.5 Å². The zero-order valence-corrected chi connectivity index (χ0v) is 12.8. The minimum absolute atomic E-state index is 0.322. The van der Waals surface area contributed by atoms with Crippen LogP contribution in [0.1, 0.15) is 48.8 Å². The zero-order chi connectivity index (χ0) is 15.2. The van der Waals surface area contributed by atoms with Crippen molar-refractivity contribution >= 4 is 0 Å². The second kappa shape index (κ2) is 7.16. The fourth-order valence-electron chi connectivity index (χ4n) is 2.79. The molecule has 1 unspecified atom stereocenters. The van der Waals surface area contributed by atoms with Crippen LogP contribution < -0.4 is 0 Å². The summed E-state index contributed by atoms with van der Waals surface area (Å²) in [6, 6.07) is 13.4. The van der Waals surface area contributed by atoms with Crippen molar-refractivity contribution in [2.45, 2.75) is 45.4 Å². The Labute approximate surface area is 127 Å². The van der Waals surface area contributed by atoms with E-state index in [9.17, 15) is 10.2 Å². The van der Waals surface area contributed by atoms with Crippen LogP contribution in [0.5, 0.6) is 11.5 Å². The highest BCUT2D eigenvalue weighted by Gasteiger charge is 2.11. The van der Waals surface area contributed by atoms with Crippen LogP contribution in [0, 0.1) is 6.92 Å². The summed E-state index contributed by atoms with van der Waals surface area (Å²) in [5, 5.41) is 19.0. The maximum absolute atomic E-state index is 9.59. The molecular formula is C19H24O2. The third-order valence-electron chi connectivity index (χ3n) is 4.04. The van der Waals surface area contributed by atoms with E-state index in [1.54, 1.807) is 18.2 Å². The molecule has 0 fully saturated rings. The van der Waals surface area contributed by atoms with Crippen molar-refractivity contribution < 1.29 is 10.2 Å². The molecule has 2 nitrogen and oxygen atoms in total. The summed E-state index contributed by atoms with van der Waals surface area (Å²) in [5.74, 6) is 1.20. The van der Waals surface area contributed by atoms with Crippen LogP contribution >= 0.6 is 0 Å². The molecule has 0 aliphatic carbocycles. The van der Waals surface area contributed by atoms with E-state index in [1.165, 1.54) is 11.1 Å². The minimum atomic E-state index is 0.322. The molecule has 21 heavy (non-hydrogen) atoms. The quantitative estimate of drug-likeness (QED) is 0.790. The summed E-state index contributed by atoms with van der Waals surface area (Å²) in [7, 11) is 0. The summed E-state index contributed by atoms with van der Waals surface area (Å²) in [6.45, 7) is 4.14. The molecule has 0 amide bonds. The van der Waals surface area contributed by atoms with Crippen LogP contribution in [0.2, 0.25) is 0 Å². The van der Waals surface area contributed by atoms with Gasteiger partial charge in [-0.05, 0) is 67.0 Å². The average molecular weight is 284 g/mol. The summed E-state index contributed by atoms with van der Waals surface area (Å²) in [6.07, 6.45) is 4.40. The van der Waals surface area contributed by atoms with Gasteiger partial charge >= 0.3 is 0 Å². The molecule has 0 radical (unpaired) electrons. The van der Waals surface area contributed by atoms with E-state index >= 15 is 0 Å². The summed E-state index contributed by atoms with van der Waals surface area (Å²) in [4.78, 5) is 0. The third kappa shape index (κ3) is 4.25. The molecular weight excluding hydrogens is 260 g/mol. The van der Waals surface area contributed by atoms with Gasteiger partial charge in [0.25, 0.3) is 0 Å². The van der Waals surface area contributed by atoms with Crippen LogP contribution in [-0.4, -0.2) is 10.2 Å². The smallest absolute Gasteiger partial charge is 0.118 e. The van der Waals surface area contributed by atoms with Crippen molar-refractivity contribution in [2.75, 3.05) is 0 Å². The predicted octanol–water partition coefficient (Wildman–Crippen LogP) is 4.92. The average Bonchev–Trinajstić information content (AvgIpc) is 2.48. The fourth-order valence-corrected chi connectivity index (χ4v) is 2.79. The van der Waals surface area contributed by atoms with Crippen molar-refractivity contribution in [3.05, 3.63) is 59.2 Å². The van der Waals surface area contributed by atoms with Gasteiger partial charge in [0.05, 0.1) is 0 Å². The van der Waals surface area contributed by atoms with Gasteiger partial charge in [0.1, 0.15) is 11.5 Å². The highest BCUT2D eigenvalue weighted by molar-refractivity contribution is 5.35. The van der Waals surface area contributed by atoms with Crippen LogP contribution in [0.15, 0.2) is 42.5 Å². The molecule has 2 heteroatoms. The number of rotatable bonds is 6. The molecule has 2 aromatic rings. The fraction of sp³-hybridized carbons (Fsp3) is 0.368. The molecule has 2 aromatic carbocycles. The number of aromatic hydroxyl groups is 2. The van der Waals surface area contributed by atoms with Crippen LogP contribution in [0.3, 0.4) is 0 Å². The Bertz CT molecular complexity index is 573. The number of hydrogen-bond donors (Lipinski definition) is 2. The first-order chi connectivity index (χ1) is 10.1. The number of phenols is 2. The summed E-state index contributed by atoms with van der Waals surface area (Å²) in [5.41, 5.74) is 3.50. The van der Waals surface area contributed by atoms with Gasteiger partial charge in [-0.25, -0.2) is 0 Å². The van der Waals surface area contributed by atoms with E-state index in [2.05, 4.69) is 13.0 Å². The van der Waals surface area contributed by atoms with E-state index in [1.807, 2.05) is 25.1 Å². The van der Waals surface area contributed by atoms with Crippen molar-refractivity contribution in [3.63, 3.8) is 0 Å². The van der Waals surface area contributed by atoms with Gasteiger partial charge in [0, 0.05) is 0 Å². The Balaban J connectivity index is 2.05. The van der Waals surface area contributed by atoms with E-state index in [4.69, 9.17) is 0 Å². The Kier molecular flexibility index (Phi) is 5.26. The molecule has 0 aromatic heterocycles. The topological polar surface area (TPSA) is 40.5 Å². The van der Waals surface area contributed by atoms with Gasteiger partial charge in [-0.3, -0.25) is 0 Å². The molecule has 0 bridgehead atoms. The first-order valence-electron chi connectivity index (χ1n) is 7.67. The first kappa shape index (κ1) is 15.4. The zero-order valence-electron chi connectivity index (χ0n) is 12.8. The Morgan fingerprint density at radius 2 is 1.67 bits per heavy atom. The van der Waals surface area contributed by atoms with Gasteiger partial charge < -0.3 is 10.2 Å². The van der Waals surface area contributed by atoms with E-state index < -0.39 is 0 Å². The molecule has 0 aliphatic rings. The molecule has 2 rings (SSSR count). The lowest BCUT2D eigenvalue weighted by atomic mass is 9.88. The van der Waals surface area contributed by atoms with Crippen LogP contribution in [0.25, 0.3) is 0 Å². The molecule has 0 saturated carbocycles. The SMILES string of the molecule is CCCC(CCc1ccc(O)c(C)c1)c1ccc(O)cc1. The Morgan fingerprint density at radius 3 is 2.29 bits per heavy atom. The van der Waals surface area contributed by atoms with Gasteiger partial charge in [-0.15, -0.1) is 0 Å². The largest absolute Gasteiger partial charge is 0.508 e. The van der Waals surface area contributed by atoms with Crippen LogP contribution in [0.4, 0.5) is 0 Å². The molecule has 0 saturated heterocycles. The van der Waals surface area contributed by atoms with Crippen molar-refractivity contribution in [2.24, 2.45) is 0 Å². The van der Waals surface area contributed by atoms with Gasteiger partial charge in [-0.1, -0.05) is 37.6 Å². The lowest BCUT2D eigenvalue weighted by Crippen LogP contribution is -2.01. The van der Waals surface area contributed by atoms with Gasteiger partial charge in [0.15, 0.2) is 0 Å². The highest BCUT2D eigenvalue weighted by Crippen LogP contribution is 2.28. The molecule has 0 heterocycles. The van der Waals surface area contributed by atoms with E-state index in [-0.39, 0.29) is 0 Å². The second-order valence-corrected chi connectivity index (χ2v) is 5.74. The number of phenolic OH excluding ortho intramolecular Hbond substituents is 2. The number of hydrogen-bond acceptors (Lipinski definition) is 2. The molecule has 0 spiro atoms.